The summed E-state index contributed by atoms with van der Waals surface area (Å²) in [4.78, 5) is 12.1. The molecule has 0 aliphatic rings. The molecule has 128 valence electrons. The van der Waals surface area contributed by atoms with Crippen molar-refractivity contribution in [3.63, 3.8) is 0 Å². The normalized spacial score (nSPS) is 10.7. The molecule has 4 nitrogen and oxygen atoms in total. The van der Waals surface area contributed by atoms with Gasteiger partial charge in [0.25, 0.3) is 0 Å². The maximum absolute atomic E-state index is 14.4. The highest BCUT2D eigenvalue weighted by Crippen LogP contribution is 2.21. The smallest absolute Gasteiger partial charge is 0.228 e. The summed E-state index contributed by atoms with van der Waals surface area (Å²) in [5, 5.41) is 7.49. The van der Waals surface area contributed by atoms with Gasteiger partial charge in [-0.3, -0.25) is 4.79 Å². The van der Waals surface area contributed by atoms with E-state index in [2.05, 4.69) is 10.4 Å². The van der Waals surface area contributed by atoms with Crippen molar-refractivity contribution in [2.75, 3.05) is 5.32 Å². The molecule has 3 rings (SSSR count). The maximum Gasteiger partial charge on any atom is 0.228 e. The fourth-order valence-corrected chi connectivity index (χ4v) is 2.85. The first-order valence-electron chi connectivity index (χ1n) is 7.80. The molecule has 0 aliphatic carbocycles. The third-order valence-corrected chi connectivity index (χ3v) is 4.15. The minimum absolute atomic E-state index is 0.125. The van der Waals surface area contributed by atoms with Gasteiger partial charge in [-0.05, 0) is 49.7 Å². The Morgan fingerprint density at radius 3 is 2.60 bits per heavy atom. The second-order valence-corrected chi connectivity index (χ2v) is 6.23. The number of nitrogens with one attached hydrogen (secondary N) is 1. The molecule has 0 bridgehead atoms. The maximum atomic E-state index is 14.4. The Hall–Kier alpha value is -2.66. The molecule has 1 amide bonds. The molecule has 0 aliphatic heterocycles. The monoisotopic (exact) mass is 357 g/mol. The molecule has 0 radical (unpaired) electrons. The zero-order valence-electron chi connectivity index (χ0n) is 13.9. The van der Waals surface area contributed by atoms with Gasteiger partial charge < -0.3 is 5.32 Å². The van der Waals surface area contributed by atoms with E-state index in [9.17, 15) is 9.18 Å². The van der Waals surface area contributed by atoms with Gasteiger partial charge in [-0.1, -0.05) is 29.8 Å². The number of hydrogen-bond donors (Lipinski definition) is 1. The van der Waals surface area contributed by atoms with Crippen LogP contribution in [0.3, 0.4) is 0 Å². The van der Waals surface area contributed by atoms with Crippen molar-refractivity contribution < 1.29 is 9.18 Å². The van der Waals surface area contributed by atoms with Crippen molar-refractivity contribution in [1.82, 2.24) is 9.78 Å². The SMILES string of the molecule is Cc1cc(C)n(-c2ccc(NC(=O)Cc3ccccc3Cl)cc2F)n1. The number of hydrogen-bond acceptors (Lipinski definition) is 2. The summed E-state index contributed by atoms with van der Waals surface area (Å²) in [6.45, 7) is 3.71. The number of nitrogens with zero attached hydrogens (tertiary/aromatic N) is 2. The van der Waals surface area contributed by atoms with Gasteiger partial charge in [0.15, 0.2) is 5.82 Å². The Morgan fingerprint density at radius 2 is 1.96 bits per heavy atom. The Balaban J connectivity index is 1.76. The molecule has 0 unspecified atom stereocenters. The number of carbonyl (C=O) groups is 1. The molecule has 1 heterocycles. The van der Waals surface area contributed by atoms with E-state index in [1.165, 1.54) is 6.07 Å². The third-order valence-electron chi connectivity index (χ3n) is 3.78. The van der Waals surface area contributed by atoms with Crippen LogP contribution in [0.1, 0.15) is 17.0 Å². The summed E-state index contributed by atoms with van der Waals surface area (Å²) in [5.74, 6) is -0.715. The largest absolute Gasteiger partial charge is 0.326 e. The van der Waals surface area contributed by atoms with Gasteiger partial charge in [0, 0.05) is 16.4 Å². The number of carbonyl (C=O) groups excluding carboxylic acids is 1. The first-order valence-corrected chi connectivity index (χ1v) is 8.18. The molecule has 0 saturated carbocycles. The minimum Gasteiger partial charge on any atom is -0.326 e. The first-order chi connectivity index (χ1) is 11.9. The van der Waals surface area contributed by atoms with E-state index in [1.54, 1.807) is 35.0 Å². The number of aryl methyl sites for hydroxylation is 2. The van der Waals surface area contributed by atoms with E-state index in [0.29, 0.717) is 16.4 Å². The van der Waals surface area contributed by atoms with Crippen LogP contribution in [0.15, 0.2) is 48.5 Å². The third kappa shape index (κ3) is 3.88. The van der Waals surface area contributed by atoms with E-state index >= 15 is 0 Å². The fraction of sp³-hybridized carbons (Fsp3) is 0.158. The highest BCUT2D eigenvalue weighted by Gasteiger charge is 2.12. The molecule has 0 spiro atoms. The summed E-state index contributed by atoms with van der Waals surface area (Å²) in [7, 11) is 0. The summed E-state index contributed by atoms with van der Waals surface area (Å²) in [5.41, 5.74) is 3.11. The predicted octanol–water partition coefficient (Wildman–Crippen LogP) is 4.46. The molecule has 0 fully saturated rings. The Kier molecular flexibility index (Phi) is 4.86. The first kappa shape index (κ1) is 17.2. The average Bonchev–Trinajstić information content (AvgIpc) is 2.88. The topological polar surface area (TPSA) is 46.9 Å². The van der Waals surface area contributed by atoms with Gasteiger partial charge in [-0.25, -0.2) is 9.07 Å². The molecule has 0 saturated heterocycles. The molecule has 2 aromatic carbocycles. The lowest BCUT2D eigenvalue weighted by molar-refractivity contribution is -0.115. The van der Waals surface area contributed by atoms with Crippen LogP contribution in [0.4, 0.5) is 10.1 Å². The van der Waals surface area contributed by atoms with Crippen LogP contribution in [0.5, 0.6) is 0 Å². The number of benzene rings is 2. The predicted molar refractivity (Wildman–Crippen MR) is 96.8 cm³/mol. The minimum atomic E-state index is -0.457. The van der Waals surface area contributed by atoms with Gasteiger partial charge in [0.2, 0.25) is 5.91 Å². The summed E-state index contributed by atoms with van der Waals surface area (Å²) < 4.78 is 16.0. The van der Waals surface area contributed by atoms with E-state index in [-0.39, 0.29) is 12.3 Å². The molecule has 3 aromatic rings. The summed E-state index contributed by atoms with van der Waals surface area (Å²) >= 11 is 6.05. The molecule has 0 atom stereocenters. The van der Waals surface area contributed by atoms with Crippen LogP contribution >= 0.6 is 11.6 Å². The number of amides is 1. The number of halogens is 2. The van der Waals surface area contributed by atoms with Crippen molar-refractivity contribution in [1.29, 1.82) is 0 Å². The van der Waals surface area contributed by atoms with Gasteiger partial charge in [-0.15, -0.1) is 0 Å². The zero-order valence-corrected chi connectivity index (χ0v) is 14.6. The fourth-order valence-electron chi connectivity index (χ4n) is 2.65. The van der Waals surface area contributed by atoms with Crippen LogP contribution < -0.4 is 5.32 Å². The second-order valence-electron chi connectivity index (χ2n) is 5.82. The van der Waals surface area contributed by atoms with E-state index in [0.717, 1.165) is 17.0 Å². The molecule has 1 N–H and O–H groups in total. The van der Waals surface area contributed by atoms with E-state index < -0.39 is 5.82 Å². The lowest BCUT2D eigenvalue weighted by Crippen LogP contribution is -2.15. The van der Waals surface area contributed by atoms with Crippen molar-refractivity contribution in [2.45, 2.75) is 20.3 Å². The molecule has 1 aromatic heterocycles. The Bertz CT molecular complexity index is 936. The summed E-state index contributed by atoms with van der Waals surface area (Å²) in [6, 6.07) is 13.5. The standard InChI is InChI=1S/C19H17ClFN3O/c1-12-9-13(2)24(23-12)18-8-7-15(11-17(18)21)22-19(25)10-14-5-3-4-6-16(14)20/h3-9,11H,10H2,1-2H3,(H,22,25). The molecular weight excluding hydrogens is 341 g/mol. The Labute approximate surface area is 150 Å². The highest BCUT2D eigenvalue weighted by molar-refractivity contribution is 6.31. The van der Waals surface area contributed by atoms with Crippen LogP contribution in [0, 0.1) is 19.7 Å². The second kappa shape index (κ2) is 7.07. The van der Waals surface area contributed by atoms with Crippen LogP contribution in [-0.4, -0.2) is 15.7 Å². The average molecular weight is 358 g/mol. The molecular formula is C19H17ClFN3O. The van der Waals surface area contributed by atoms with Crippen LogP contribution in [0.2, 0.25) is 5.02 Å². The summed E-state index contributed by atoms with van der Waals surface area (Å²) in [6.07, 6.45) is 0.125. The van der Waals surface area contributed by atoms with Gasteiger partial charge in [0.1, 0.15) is 5.69 Å². The quantitative estimate of drug-likeness (QED) is 0.749. The van der Waals surface area contributed by atoms with E-state index in [4.69, 9.17) is 11.6 Å². The van der Waals surface area contributed by atoms with Gasteiger partial charge >= 0.3 is 0 Å². The molecule has 6 heteroatoms. The van der Waals surface area contributed by atoms with E-state index in [1.807, 2.05) is 26.0 Å². The van der Waals surface area contributed by atoms with Crippen molar-refractivity contribution in [3.8, 4) is 5.69 Å². The van der Waals surface area contributed by atoms with Crippen molar-refractivity contribution in [3.05, 3.63) is 76.3 Å². The number of rotatable bonds is 4. The molecule has 25 heavy (non-hydrogen) atoms. The lowest BCUT2D eigenvalue weighted by Gasteiger charge is -2.10. The van der Waals surface area contributed by atoms with Crippen molar-refractivity contribution in [2.24, 2.45) is 0 Å². The van der Waals surface area contributed by atoms with Crippen molar-refractivity contribution >= 4 is 23.2 Å². The van der Waals surface area contributed by atoms with Gasteiger partial charge in [0.05, 0.1) is 12.1 Å². The number of anilines is 1. The Morgan fingerprint density at radius 1 is 1.20 bits per heavy atom. The van der Waals surface area contributed by atoms with Crippen LogP contribution in [0.25, 0.3) is 5.69 Å². The lowest BCUT2D eigenvalue weighted by atomic mass is 10.1. The zero-order chi connectivity index (χ0) is 18.0. The van der Waals surface area contributed by atoms with Crippen LogP contribution in [-0.2, 0) is 11.2 Å². The number of aromatic nitrogens is 2. The van der Waals surface area contributed by atoms with Gasteiger partial charge in [-0.2, -0.15) is 5.10 Å². The highest BCUT2D eigenvalue weighted by atomic mass is 35.5.